The summed E-state index contributed by atoms with van der Waals surface area (Å²) in [5, 5.41) is 8.88. The molecule has 1 aromatic heterocycles. The van der Waals surface area contributed by atoms with Gasteiger partial charge in [-0.25, -0.2) is 9.78 Å². The van der Waals surface area contributed by atoms with Crippen molar-refractivity contribution in [2.75, 3.05) is 41.7 Å². The van der Waals surface area contributed by atoms with Crippen molar-refractivity contribution in [3.05, 3.63) is 41.1 Å². The second-order valence-electron chi connectivity index (χ2n) is 6.99. The number of carbonyl (C=O) groups is 1. The third kappa shape index (κ3) is 5.32. The zero-order chi connectivity index (χ0) is 19.2. The molecule has 1 fully saturated rings. The lowest BCUT2D eigenvalue weighted by Crippen LogP contribution is -2.33. The third-order valence-electron chi connectivity index (χ3n) is 4.73. The smallest absolute Gasteiger partial charge is 0.319 e. The topological polar surface area (TPSA) is 82.2 Å². The number of aryl methyl sites for hydroxylation is 3. The molecule has 7 heteroatoms. The molecular formula is C20H28N6O. The van der Waals surface area contributed by atoms with Crippen molar-refractivity contribution < 1.29 is 4.79 Å². The average molecular weight is 368 g/mol. The Morgan fingerprint density at radius 2 is 1.81 bits per heavy atom. The fraction of sp³-hybridized carbons (Fsp3) is 0.450. The molecule has 0 atom stereocenters. The highest BCUT2D eigenvalue weighted by atomic mass is 16.2. The summed E-state index contributed by atoms with van der Waals surface area (Å²) in [6.07, 6.45) is 2.43. The molecule has 2 aromatic rings. The van der Waals surface area contributed by atoms with Gasteiger partial charge >= 0.3 is 6.03 Å². The number of aromatic nitrogens is 2. The summed E-state index contributed by atoms with van der Waals surface area (Å²) in [5.41, 5.74) is 4.09. The van der Waals surface area contributed by atoms with E-state index >= 15 is 0 Å². The van der Waals surface area contributed by atoms with Crippen LogP contribution in [0.1, 0.15) is 29.7 Å². The highest BCUT2D eigenvalue weighted by Gasteiger charge is 2.15. The fourth-order valence-electron chi connectivity index (χ4n) is 3.08. The van der Waals surface area contributed by atoms with Gasteiger partial charge < -0.3 is 20.9 Å². The second kappa shape index (κ2) is 8.70. The van der Waals surface area contributed by atoms with E-state index in [0.29, 0.717) is 19.0 Å². The zero-order valence-corrected chi connectivity index (χ0v) is 16.3. The van der Waals surface area contributed by atoms with Crippen LogP contribution < -0.4 is 20.9 Å². The summed E-state index contributed by atoms with van der Waals surface area (Å²) in [7, 11) is 0. The minimum Gasteiger partial charge on any atom is -0.356 e. The van der Waals surface area contributed by atoms with Crippen LogP contribution in [0.2, 0.25) is 0 Å². The van der Waals surface area contributed by atoms with Crippen LogP contribution in [0.5, 0.6) is 0 Å². The van der Waals surface area contributed by atoms with Gasteiger partial charge in [0, 0.05) is 43.6 Å². The van der Waals surface area contributed by atoms with Crippen molar-refractivity contribution in [1.29, 1.82) is 0 Å². The first-order valence-corrected chi connectivity index (χ1v) is 9.48. The molecule has 0 radical (unpaired) electrons. The van der Waals surface area contributed by atoms with Gasteiger partial charge in [-0.2, -0.15) is 4.98 Å². The highest BCUT2D eigenvalue weighted by Crippen LogP contribution is 2.19. The number of urea groups is 1. The van der Waals surface area contributed by atoms with E-state index in [0.717, 1.165) is 35.9 Å². The second-order valence-corrected chi connectivity index (χ2v) is 6.99. The van der Waals surface area contributed by atoms with Crippen LogP contribution in [0.25, 0.3) is 0 Å². The predicted molar refractivity (Wildman–Crippen MR) is 110 cm³/mol. The number of carbonyl (C=O) groups excluding carboxylic acids is 1. The first kappa shape index (κ1) is 18.9. The van der Waals surface area contributed by atoms with Crippen molar-refractivity contribution >= 4 is 23.5 Å². The van der Waals surface area contributed by atoms with Gasteiger partial charge in [-0.1, -0.05) is 6.07 Å². The van der Waals surface area contributed by atoms with E-state index in [9.17, 15) is 4.79 Å². The maximum atomic E-state index is 12.0. The average Bonchev–Trinajstić information content (AvgIpc) is 3.16. The van der Waals surface area contributed by atoms with Crippen LogP contribution >= 0.6 is 0 Å². The molecule has 0 unspecified atom stereocenters. The standard InChI is InChI=1S/C20H28N6O/c1-14-6-7-17(12-15(14)2)24-20(27)22-9-8-21-19-23-16(3)13-18(25-19)26-10-4-5-11-26/h6-7,12-13H,4-5,8-11H2,1-3H3,(H,21,23,25)(H2,22,24,27). The van der Waals surface area contributed by atoms with E-state index in [2.05, 4.69) is 30.8 Å². The van der Waals surface area contributed by atoms with Crippen molar-refractivity contribution in [2.24, 2.45) is 0 Å². The molecule has 144 valence electrons. The lowest BCUT2D eigenvalue weighted by molar-refractivity contribution is 0.252. The highest BCUT2D eigenvalue weighted by molar-refractivity contribution is 5.89. The Balaban J connectivity index is 1.45. The van der Waals surface area contributed by atoms with Crippen molar-refractivity contribution in [1.82, 2.24) is 15.3 Å². The van der Waals surface area contributed by atoms with Gasteiger partial charge in [0.05, 0.1) is 0 Å². The number of nitrogens with zero attached hydrogens (tertiary/aromatic N) is 3. The number of amides is 2. The van der Waals surface area contributed by atoms with Crippen LogP contribution in [0.15, 0.2) is 24.3 Å². The van der Waals surface area contributed by atoms with Crippen LogP contribution in [-0.2, 0) is 0 Å². The molecule has 2 heterocycles. The Bertz CT molecular complexity index is 801. The number of hydrogen-bond donors (Lipinski definition) is 3. The van der Waals surface area contributed by atoms with Crippen molar-refractivity contribution in [3.8, 4) is 0 Å². The summed E-state index contributed by atoms with van der Waals surface area (Å²) in [6.45, 7) is 9.19. The summed E-state index contributed by atoms with van der Waals surface area (Å²) in [5.74, 6) is 1.58. The minimum absolute atomic E-state index is 0.219. The molecule has 2 amide bonds. The van der Waals surface area contributed by atoms with E-state index in [4.69, 9.17) is 0 Å². The summed E-state index contributed by atoms with van der Waals surface area (Å²) in [6, 6.07) is 7.67. The normalized spacial score (nSPS) is 13.5. The van der Waals surface area contributed by atoms with Crippen LogP contribution in [-0.4, -0.2) is 42.2 Å². The lowest BCUT2D eigenvalue weighted by atomic mass is 10.1. The quantitative estimate of drug-likeness (QED) is 0.682. The van der Waals surface area contributed by atoms with Gasteiger partial charge in [0.25, 0.3) is 0 Å². The van der Waals surface area contributed by atoms with E-state index in [1.165, 1.54) is 18.4 Å². The monoisotopic (exact) mass is 368 g/mol. The number of hydrogen-bond acceptors (Lipinski definition) is 5. The van der Waals surface area contributed by atoms with Crippen LogP contribution in [0.4, 0.5) is 22.2 Å². The Labute approximate surface area is 160 Å². The largest absolute Gasteiger partial charge is 0.356 e. The Morgan fingerprint density at radius 3 is 2.56 bits per heavy atom. The lowest BCUT2D eigenvalue weighted by Gasteiger charge is -2.17. The molecule has 1 aliphatic heterocycles. The number of anilines is 3. The summed E-state index contributed by atoms with van der Waals surface area (Å²) in [4.78, 5) is 23.3. The third-order valence-corrected chi connectivity index (χ3v) is 4.73. The maximum absolute atomic E-state index is 12.0. The molecule has 27 heavy (non-hydrogen) atoms. The molecule has 7 nitrogen and oxygen atoms in total. The van der Waals surface area contributed by atoms with E-state index in [-0.39, 0.29) is 6.03 Å². The van der Waals surface area contributed by atoms with E-state index < -0.39 is 0 Å². The molecule has 1 saturated heterocycles. The minimum atomic E-state index is -0.219. The van der Waals surface area contributed by atoms with Crippen molar-refractivity contribution in [3.63, 3.8) is 0 Å². The maximum Gasteiger partial charge on any atom is 0.319 e. The van der Waals surface area contributed by atoms with Gasteiger partial charge in [0.1, 0.15) is 5.82 Å². The van der Waals surface area contributed by atoms with Gasteiger partial charge in [0.2, 0.25) is 5.95 Å². The molecule has 0 spiro atoms. The molecule has 0 bridgehead atoms. The summed E-state index contributed by atoms with van der Waals surface area (Å²) >= 11 is 0. The Kier molecular flexibility index (Phi) is 6.11. The van der Waals surface area contributed by atoms with E-state index in [1.807, 2.05) is 45.0 Å². The first-order chi connectivity index (χ1) is 13.0. The molecule has 1 aromatic carbocycles. The van der Waals surface area contributed by atoms with Gasteiger partial charge in [0.15, 0.2) is 0 Å². The predicted octanol–water partition coefficient (Wildman–Crippen LogP) is 3.24. The molecule has 3 N–H and O–H groups in total. The first-order valence-electron chi connectivity index (χ1n) is 9.48. The zero-order valence-electron chi connectivity index (χ0n) is 16.3. The molecular weight excluding hydrogens is 340 g/mol. The number of rotatable bonds is 6. The SMILES string of the molecule is Cc1cc(N2CCCC2)nc(NCCNC(=O)Nc2ccc(C)c(C)c2)n1. The van der Waals surface area contributed by atoms with Gasteiger partial charge in [-0.15, -0.1) is 0 Å². The molecule has 3 rings (SSSR count). The van der Waals surface area contributed by atoms with E-state index in [1.54, 1.807) is 0 Å². The van der Waals surface area contributed by atoms with Crippen LogP contribution in [0.3, 0.4) is 0 Å². The Hall–Kier alpha value is -2.83. The van der Waals surface area contributed by atoms with Crippen molar-refractivity contribution in [2.45, 2.75) is 33.6 Å². The Morgan fingerprint density at radius 1 is 1.04 bits per heavy atom. The van der Waals surface area contributed by atoms with Gasteiger partial charge in [-0.05, 0) is 56.9 Å². The molecule has 0 aliphatic carbocycles. The number of nitrogens with one attached hydrogen (secondary N) is 3. The van der Waals surface area contributed by atoms with Crippen LogP contribution in [0, 0.1) is 20.8 Å². The summed E-state index contributed by atoms with van der Waals surface area (Å²) < 4.78 is 0. The molecule has 0 saturated carbocycles. The molecule has 1 aliphatic rings. The van der Waals surface area contributed by atoms with Gasteiger partial charge in [-0.3, -0.25) is 0 Å². The number of benzene rings is 1. The fourth-order valence-corrected chi connectivity index (χ4v) is 3.08.